The van der Waals surface area contributed by atoms with Crippen LogP contribution in [0.5, 0.6) is 0 Å². The van der Waals surface area contributed by atoms with E-state index >= 15 is 0 Å². The average molecular weight is 380 g/mol. The highest BCUT2D eigenvalue weighted by Crippen LogP contribution is 2.39. The van der Waals surface area contributed by atoms with Gasteiger partial charge in [-0.3, -0.25) is 9.10 Å². The molecule has 1 heterocycles. The lowest BCUT2D eigenvalue weighted by molar-refractivity contribution is 0.0958. The van der Waals surface area contributed by atoms with Gasteiger partial charge in [0.1, 0.15) is 6.04 Å². The van der Waals surface area contributed by atoms with Crippen molar-refractivity contribution in [3.63, 3.8) is 0 Å². The van der Waals surface area contributed by atoms with Crippen LogP contribution in [0.15, 0.2) is 58.7 Å². The summed E-state index contributed by atoms with van der Waals surface area (Å²) in [7, 11) is -3.73. The van der Waals surface area contributed by atoms with E-state index in [1.54, 1.807) is 42.6 Å². The van der Waals surface area contributed by atoms with Crippen LogP contribution >= 0.6 is 0 Å². The van der Waals surface area contributed by atoms with Gasteiger partial charge in [-0.15, -0.1) is 0 Å². The second kappa shape index (κ2) is 6.26. The van der Waals surface area contributed by atoms with Crippen LogP contribution in [0.1, 0.15) is 33.5 Å². The summed E-state index contributed by atoms with van der Waals surface area (Å²) in [6, 6.07) is 11.1. The third-order valence-electron chi connectivity index (χ3n) is 4.90. The number of rotatable bonds is 3. The van der Waals surface area contributed by atoms with E-state index in [-0.39, 0.29) is 23.6 Å². The molecule has 136 valence electrons. The molecule has 0 aromatic heterocycles. The summed E-state index contributed by atoms with van der Waals surface area (Å²) >= 11 is 0. The molecule has 27 heavy (non-hydrogen) atoms. The first-order valence-electron chi connectivity index (χ1n) is 8.41. The molecule has 0 fully saturated rings. The second-order valence-corrected chi connectivity index (χ2v) is 8.54. The number of sulfonamides is 1. The molecule has 0 saturated carbocycles. The quantitative estimate of drug-likeness (QED) is 0.459. The van der Waals surface area contributed by atoms with E-state index in [2.05, 4.69) is 10.0 Å². The first-order chi connectivity index (χ1) is 12.9. The number of carbonyl (C=O) groups is 1. The summed E-state index contributed by atoms with van der Waals surface area (Å²) in [5.74, 6) is -0.225. The van der Waals surface area contributed by atoms with Gasteiger partial charge in [0.15, 0.2) is 5.78 Å². The highest BCUT2D eigenvalue weighted by Gasteiger charge is 2.36. The maximum atomic E-state index is 13.1. The maximum Gasteiger partial charge on any atom is 0.264 e. The Kier molecular flexibility index (Phi) is 4.02. The average Bonchev–Trinajstić information content (AvgIpc) is 2.66. The first-order valence-corrected chi connectivity index (χ1v) is 9.85. The maximum absolute atomic E-state index is 13.1. The minimum atomic E-state index is -3.73. The molecule has 8 heteroatoms. The Morgan fingerprint density at radius 3 is 2.63 bits per heavy atom. The molecule has 2 aromatic rings. The smallest absolute Gasteiger partial charge is 0.264 e. The van der Waals surface area contributed by atoms with E-state index in [1.165, 1.54) is 4.31 Å². The monoisotopic (exact) mass is 380 g/mol. The Balaban J connectivity index is 1.82. The van der Waals surface area contributed by atoms with Gasteiger partial charge >= 0.3 is 0 Å². The molecule has 7 nitrogen and oxygen atoms in total. The molecule has 0 saturated heterocycles. The van der Waals surface area contributed by atoms with Crippen molar-refractivity contribution in [3.8, 4) is 0 Å². The Bertz CT molecular complexity index is 1130. The lowest BCUT2D eigenvalue weighted by Gasteiger charge is -2.33. The number of benzene rings is 2. The van der Waals surface area contributed by atoms with Crippen LogP contribution in [-0.2, 0) is 16.6 Å². The third-order valence-corrected chi connectivity index (χ3v) is 6.62. The molecular weight excluding hydrogens is 364 g/mol. The van der Waals surface area contributed by atoms with E-state index in [0.29, 0.717) is 11.1 Å². The fourth-order valence-corrected chi connectivity index (χ4v) is 4.89. The summed E-state index contributed by atoms with van der Waals surface area (Å²) in [4.78, 5) is 15.5. The van der Waals surface area contributed by atoms with Gasteiger partial charge in [0.25, 0.3) is 10.0 Å². The van der Waals surface area contributed by atoms with Crippen LogP contribution in [-0.4, -0.2) is 24.5 Å². The minimum Gasteiger partial charge on any atom is -0.294 e. The zero-order valence-corrected chi connectivity index (χ0v) is 15.3. The van der Waals surface area contributed by atoms with Crippen molar-refractivity contribution in [2.24, 2.45) is 5.11 Å². The summed E-state index contributed by atoms with van der Waals surface area (Å²) in [6.45, 7) is 2.05. The van der Waals surface area contributed by atoms with Gasteiger partial charge in [-0.2, -0.15) is 0 Å². The number of hydrogen-bond donors (Lipinski definition) is 0. The lowest BCUT2D eigenvalue weighted by Crippen LogP contribution is -2.33. The second-order valence-electron chi connectivity index (χ2n) is 6.65. The molecule has 1 unspecified atom stereocenters. The number of carbonyl (C=O) groups excluding carboxylic acids is 1. The minimum absolute atomic E-state index is 0.155. The van der Waals surface area contributed by atoms with Gasteiger partial charge in [0.2, 0.25) is 0 Å². The number of aryl methyl sites for hydroxylation is 1. The number of Topliss-reactive ketones (excluding diaryl/α,β-unsaturated/α-hetero) is 1. The van der Waals surface area contributed by atoms with Crippen LogP contribution in [0.4, 0.5) is 0 Å². The van der Waals surface area contributed by atoms with Gasteiger partial charge in [-0.05, 0) is 47.7 Å². The predicted octanol–water partition coefficient (Wildman–Crippen LogP) is 3.81. The summed E-state index contributed by atoms with van der Waals surface area (Å²) in [5.41, 5.74) is 12.4. The SMILES string of the molecule is Cc1ccc(S(=O)(=O)N2C=C3CC(N=[N+]=[N-])C(=O)c4cccc(c43)C2)cc1. The zero-order valence-electron chi connectivity index (χ0n) is 14.5. The van der Waals surface area contributed by atoms with E-state index in [1.807, 2.05) is 13.0 Å². The van der Waals surface area contributed by atoms with Crippen LogP contribution in [0.25, 0.3) is 16.0 Å². The van der Waals surface area contributed by atoms with Gasteiger partial charge < -0.3 is 0 Å². The van der Waals surface area contributed by atoms with Crippen molar-refractivity contribution in [3.05, 3.63) is 81.4 Å². The Hall–Kier alpha value is -3.09. The van der Waals surface area contributed by atoms with Crippen molar-refractivity contribution in [1.29, 1.82) is 0 Å². The topological polar surface area (TPSA) is 103 Å². The predicted molar refractivity (Wildman–Crippen MR) is 100 cm³/mol. The van der Waals surface area contributed by atoms with Gasteiger partial charge in [-0.25, -0.2) is 8.42 Å². The Morgan fingerprint density at radius 1 is 1.19 bits per heavy atom. The number of nitrogens with zero attached hydrogens (tertiary/aromatic N) is 4. The Morgan fingerprint density at radius 2 is 1.93 bits per heavy atom. The lowest BCUT2D eigenvalue weighted by atomic mass is 9.80. The Labute approximate surface area is 156 Å². The van der Waals surface area contributed by atoms with E-state index in [9.17, 15) is 13.2 Å². The molecule has 0 spiro atoms. The molecule has 1 aliphatic carbocycles. The zero-order chi connectivity index (χ0) is 19.2. The molecule has 1 atom stereocenters. The van der Waals surface area contributed by atoms with Crippen LogP contribution in [0.2, 0.25) is 0 Å². The number of ketones is 1. The fraction of sp³-hybridized carbons (Fsp3) is 0.211. The highest BCUT2D eigenvalue weighted by molar-refractivity contribution is 7.89. The van der Waals surface area contributed by atoms with E-state index < -0.39 is 16.1 Å². The summed E-state index contributed by atoms with van der Waals surface area (Å²) < 4.78 is 27.4. The largest absolute Gasteiger partial charge is 0.294 e. The highest BCUT2D eigenvalue weighted by atomic mass is 32.2. The molecule has 2 aliphatic rings. The normalized spacial score (nSPS) is 18.4. The standard InChI is InChI=1S/C19H16N4O3S/c1-12-5-7-15(8-6-12)27(25,26)23-10-13-3-2-4-16-18(13)14(11-23)9-17(19(16)24)21-22-20/h2-8,11,17H,9-10H2,1H3. The summed E-state index contributed by atoms with van der Waals surface area (Å²) in [5, 5.41) is 3.59. The van der Waals surface area contributed by atoms with Crippen molar-refractivity contribution < 1.29 is 13.2 Å². The van der Waals surface area contributed by atoms with E-state index in [0.717, 1.165) is 16.7 Å². The summed E-state index contributed by atoms with van der Waals surface area (Å²) in [6.07, 6.45) is 1.75. The van der Waals surface area contributed by atoms with Crippen molar-refractivity contribution in [1.82, 2.24) is 4.31 Å². The van der Waals surface area contributed by atoms with E-state index in [4.69, 9.17) is 5.53 Å². The molecule has 1 aliphatic heterocycles. The van der Waals surface area contributed by atoms with Crippen LogP contribution in [0.3, 0.4) is 0 Å². The molecule has 0 bridgehead atoms. The molecule has 4 rings (SSSR count). The van der Waals surface area contributed by atoms with Crippen molar-refractivity contribution in [2.45, 2.75) is 30.8 Å². The number of azide groups is 1. The fourth-order valence-electron chi connectivity index (χ4n) is 3.56. The van der Waals surface area contributed by atoms with Crippen LogP contribution in [0, 0.1) is 6.92 Å². The van der Waals surface area contributed by atoms with Crippen molar-refractivity contribution >= 4 is 21.4 Å². The molecule has 2 aromatic carbocycles. The molecule has 0 N–H and O–H groups in total. The number of hydrogen-bond acceptors (Lipinski definition) is 4. The molecule has 0 radical (unpaired) electrons. The van der Waals surface area contributed by atoms with Gasteiger partial charge in [0.05, 0.1) is 11.4 Å². The molecule has 0 amide bonds. The molecular formula is C19H16N4O3S. The van der Waals surface area contributed by atoms with Gasteiger partial charge in [-0.1, -0.05) is 41.0 Å². The van der Waals surface area contributed by atoms with Gasteiger partial charge in [0, 0.05) is 16.7 Å². The first kappa shape index (κ1) is 17.3. The van der Waals surface area contributed by atoms with Crippen molar-refractivity contribution in [2.75, 3.05) is 0 Å². The third kappa shape index (κ3) is 2.79. The van der Waals surface area contributed by atoms with Crippen LogP contribution < -0.4 is 0 Å².